The van der Waals surface area contributed by atoms with E-state index in [-0.39, 0.29) is 17.0 Å². The number of hydrogen-bond donors (Lipinski definition) is 0. The summed E-state index contributed by atoms with van der Waals surface area (Å²) >= 11 is 0. The van der Waals surface area contributed by atoms with Gasteiger partial charge in [-0.3, -0.25) is 4.99 Å². The Kier molecular flexibility index (Phi) is 9.77. The van der Waals surface area contributed by atoms with Crippen molar-refractivity contribution < 1.29 is 9.53 Å². The van der Waals surface area contributed by atoms with Crippen molar-refractivity contribution in [2.24, 2.45) is 16.3 Å². The Bertz CT molecular complexity index is 596. The van der Waals surface area contributed by atoms with E-state index in [1.165, 1.54) is 0 Å². The lowest BCUT2D eigenvalue weighted by atomic mass is 9.73. The molecule has 2 unspecified atom stereocenters. The van der Waals surface area contributed by atoms with Gasteiger partial charge in [0.1, 0.15) is 11.6 Å². The molecule has 0 heterocycles. The van der Waals surface area contributed by atoms with Crippen LogP contribution in [0.15, 0.2) is 16.1 Å². The normalized spacial score (nSPS) is 22.0. The molecule has 0 aromatic heterocycles. The molecule has 0 N–H and O–H groups in total. The van der Waals surface area contributed by atoms with Crippen LogP contribution in [0.25, 0.3) is 0 Å². The molecule has 1 aliphatic rings. The fourth-order valence-electron chi connectivity index (χ4n) is 3.67. The van der Waals surface area contributed by atoms with E-state index in [9.17, 15) is 10.1 Å². The Balaban J connectivity index is 2.94. The van der Waals surface area contributed by atoms with Crippen molar-refractivity contribution in [2.45, 2.75) is 99.0 Å². The third-order valence-electron chi connectivity index (χ3n) is 5.45. The first kappa shape index (κ1) is 23.4. The van der Waals surface area contributed by atoms with Crippen molar-refractivity contribution in [3.8, 4) is 6.07 Å². The SMILES string of the molecule is CCCCC(CC)COC(=O)/C(C#N)=C1\CC(=NC(C)CC)CC(C)(C)C1. The maximum absolute atomic E-state index is 12.6. The zero-order valence-electron chi connectivity index (χ0n) is 18.2. The molecule has 4 heteroatoms. The molecule has 0 radical (unpaired) electrons. The summed E-state index contributed by atoms with van der Waals surface area (Å²) in [4.78, 5) is 17.4. The van der Waals surface area contributed by atoms with Gasteiger partial charge in [0.15, 0.2) is 0 Å². The number of ether oxygens (including phenoxy) is 1. The molecule has 1 fully saturated rings. The van der Waals surface area contributed by atoms with Crippen LogP contribution in [0, 0.1) is 22.7 Å². The summed E-state index contributed by atoms with van der Waals surface area (Å²) in [7, 11) is 0. The van der Waals surface area contributed by atoms with Crippen molar-refractivity contribution in [3.05, 3.63) is 11.1 Å². The maximum Gasteiger partial charge on any atom is 0.348 e. The number of hydrogen-bond acceptors (Lipinski definition) is 4. The van der Waals surface area contributed by atoms with Crippen molar-refractivity contribution in [1.29, 1.82) is 5.26 Å². The third-order valence-corrected chi connectivity index (χ3v) is 5.45. The molecule has 1 saturated carbocycles. The number of nitrogens with zero attached hydrogens (tertiary/aromatic N) is 2. The lowest BCUT2D eigenvalue weighted by molar-refractivity contribution is -0.140. The number of aliphatic imine (C=N–C) groups is 1. The van der Waals surface area contributed by atoms with E-state index in [0.29, 0.717) is 18.9 Å². The van der Waals surface area contributed by atoms with Crippen molar-refractivity contribution in [3.63, 3.8) is 0 Å². The summed E-state index contributed by atoms with van der Waals surface area (Å²) in [5.74, 6) is -0.0767. The number of rotatable bonds is 9. The molecule has 0 amide bonds. The number of unbranched alkanes of at least 4 members (excludes halogenated alkanes) is 1. The Labute approximate surface area is 166 Å². The maximum atomic E-state index is 12.6. The summed E-state index contributed by atoms with van der Waals surface area (Å²) in [5, 5.41) is 9.65. The van der Waals surface area contributed by atoms with E-state index in [2.05, 4.69) is 47.6 Å². The van der Waals surface area contributed by atoms with Gasteiger partial charge in [-0.1, -0.05) is 53.9 Å². The lowest BCUT2D eigenvalue weighted by Gasteiger charge is -2.33. The van der Waals surface area contributed by atoms with Gasteiger partial charge in [-0.2, -0.15) is 5.26 Å². The van der Waals surface area contributed by atoms with Crippen LogP contribution < -0.4 is 0 Å². The molecule has 0 bridgehead atoms. The smallest absolute Gasteiger partial charge is 0.348 e. The van der Waals surface area contributed by atoms with E-state index in [4.69, 9.17) is 9.73 Å². The van der Waals surface area contributed by atoms with Crippen LogP contribution in [-0.4, -0.2) is 24.3 Å². The predicted molar refractivity (Wildman–Crippen MR) is 112 cm³/mol. The van der Waals surface area contributed by atoms with Crippen molar-refractivity contribution in [2.75, 3.05) is 6.61 Å². The molecule has 0 saturated heterocycles. The van der Waals surface area contributed by atoms with Gasteiger partial charge >= 0.3 is 5.97 Å². The molecule has 4 nitrogen and oxygen atoms in total. The predicted octanol–water partition coefficient (Wildman–Crippen LogP) is 6.02. The molecule has 0 aliphatic heterocycles. The summed E-state index contributed by atoms with van der Waals surface area (Å²) in [6.07, 6.45) is 7.63. The Morgan fingerprint density at radius 1 is 1.26 bits per heavy atom. The van der Waals surface area contributed by atoms with Gasteiger partial charge in [0, 0.05) is 18.2 Å². The van der Waals surface area contributed by atoms with Crippen LogP contribution in [0.3, 0.4) is 0 Å². The van der Waals surface area contributed by atoms with Gasteiger partial charge < -0.3 is 4.74 Å². The molecule has 152 valence electrons. The van der Waals surface area contributed by atoms with Gasteiger partial charge in [0.05, 0.1) is 6.61 Å². The molecular formula is C23H38N2O2. The average Bonchev–Trinajstić information content (AvgIpc) is 2.61. The van der Waals surface area contributed by atoms with Crippen LogP contribution in [0.2, 0.25) is 0 Å². The molecule has 27 heavy (non-hydrogen) atoms. The first-order valence-electron chi connectivity index (χ1n) is 10.6. The molecule has 0 spiro atoms. The van der Waals surface area contributed by atoms with Gasteiger partial charge in [0.2, 0.25) is 0 Å². The van der Waals surface area contributed by atoms with Crippen LogP contribution in [-0.2, 0) is 9.53 Å². The van der Waals surface area contributed by atoms with Gasteiger partial charge in [-0.15, -0.1) is 0 Å². The number of carbonyl (C=O) groups excluding carboxylic acids is 1. The summed E-state index contributed by atoms with van der Waals surface area (Å²) < 4.78 is 5.54. The highest BCUT2D eigenvalue weighted by atomic mass is 16.5. The second-order valence-corrected chi connectivity index (χ2v) is 8.75. The Hall–Kier alpha value is -1.63. The second-order valence-electron chi connectivity index (χ2n) is 8.75. The first-order valence-corrected chi connectivity index (χ1v) is 10.6. The second kappa shape index (κ2) is 11.3. The van der Waals surface area contributed by atoms with E-state index < -0.39 is 5.97 Å². The highest BCUT2D eigenvalue weighted by molar-refractivity contribution is 5.97. The summed E-state index contributed by atoms with van der Waals surface area (Å²) in [6.45, 7) is 13.3. The minimum Gasteiger partial charge on any atom is -0.461 e. The highest BCUT2D eigenvalue weighted by Gasteiger charge is 2.32. The van der Waals surface area contributed by atoms with Crippen molar-refractivity contribution >= 4 is 11.7 Å². The van der Waals surface area contributed by atoms with Crippen LogP contribution in [0.5, 0.6) is 0 Å². The number of esters is 1. The largest absolute Gasteiger partial charge is 0.461 e. The van der Waals surface area contributed by atoms with Gasteiger partial charge in [-0.25, -0.2) is 4.79 Å². The summed E-state index contributed by atoms with van der Waals surface area (Å²) in [5.41, 5.74) is 2.20. The Morgan fingerprint density at radius 3 is 2.52 bits per heavy atom. The minimum atomic E-state index is -0.456. The first-order chi connectivity index (χ1) is 12.8. The number of carbonyl (C=O) groups is 1. The molecule has 1 aliphatic carbocycles. The topological polar surface area (TPSA) is 62.5 Å². The van der Waals surface area contributed by atoms with Gasteiger partial charge in [0.25, 0.3) is 0 Å². The number of nitriles is 1. The van der Waals surface area contributed by atoms with E-state index in [0.717, 1.165) is 56.2 Å². The average molecular weight is 375 g/mol. The zero-order valence-corrected chi connectivity index (χ0v) is 18.2. The fraction of sp³-hybridized carbons (Fsp3) is 0.783. The fourth-order valence-corrected chi connectivity index (χ4v) is 3.67. The van der Waals surface area contributed by atoms with Crippen LogP contribution >= 0.6 is 0 Å². The van der Waals surface area contributed by atoms with E-state index >= 15 is 0 Å². The standard InChI is InChI=1S/C23H38N2O2/c1-7-10-11-18(9-3)16-27-22(26)21(15-24)19-12-20(25-17(4)8-2)14-23(5,6)13-19/h17-18H,7-14,16H2,1-6H3/b21-19+,25-20?. The van der Waals surface area contributed by atoms with Crippen LogP contribution in [0.4, 0.5) is 0 Å². The van der Waals surface area contributed by atoms with Crippen LogP contribution in [0.1, 0.15) is 92.9 Å². The quantitative estimate of drug-likeness (QED) is 0.282. The van der Waals surface area contributed by atoms with Gasteiger partial charge in [-0.05, 0) is 49.5 Å². The third kappa shape index (κ3) is 7.87. The zero-order chi connectivity index (χ0) is 20.4. The Morgan fingerprint density at radius 2 is 1.96 bits per heavy atom. The molecular weight excluding hydrogens is 336 g/mol. The van der Waals surface area contributed by atoms with E-state index in [1.807, 2.05) is 0 Å². The monoisotopic (exact) mass is 374 g/mol. The highest BCUT2D eigenvalue weighted by Crippen LogP contribution is 2.38. The lowest BCUT2D eigenvalue weighted by Crippen LogP contribution is -2.27. The summed E-state index contributed by atoms with van der Waals surface area (Å²) in [6, 6.07) is 2.41. The molecule has 1 rings (SSSR count). The molecule has 2 atom stereocenters. The van der Waals surface area contributed by atoms with E-state index in [1.54, 1.807) is 0 Å². The minimum absolute atomic E-state index is 0.00926. The molecule has 0 aromatic rings. The molecule has 0 aromatic carbocycles. The number of allylic oxidation sites excluding steroid dienone is 1. The van der Waals surface area contributed by atoms with Crippen molar-refractivity contribution in [1.82, 2.24) is 0 Å².